The van der Waals surface area contributed by atoms with E-state index in [1.165, 1.54) is 44.1 Å². The topological polar surface area (TPSA) is 212 Å². The number of aromatic hydroxyl groups is 2. The fourth-order valence-electron chi connectivity index (χ4n) is 20.6. The number of hydrogen-bond donors (Lipinski definition) is 6. The largest absolute Gasteiger partial charge is 0.507 e. The quantitative estimate of drug-likeness (QED) is 0.0254. The van der Waals surface area contributed by atoms with Gasteiger partial charge in [0.25, 0.3) is 0 Å². The zero-order valence-corrected chi connectivity index (χ0v) is 81.5. The summed E-state index contributed by atoms with van der Waals surface area (Å²) in [5, 5.41) is 36.2. The zero-order chi connectivity index (χ0) is 89.1. The number of ether oxygens (including phenoxy) is 6. The number of unbranched alkanes of at least 4 members (excludes halogenated alkanes) is 9. The summed E-state index contributed by atoms with van der Waals surface area (Å²) >= 11 is 0. The molecule has 6 N–H and O–H groups in total. The molecule has 8 rings (SSSR count). The summed E-state index contributed by atoms with van der Waals surface area (Å²) in [5.41, 5.74) is 6.12. The number of phenolic OH excluding ortho intramolecular Hbond substituents is 2. The van der Waals surface area contributed by atoms with Crippen LogP contribution in [0, 0.1) is 17.8 Å². The predicted molar refractivity (Wildman–Crippen MR) is 488 cm³/mol. The summed E-state index contributed by atoms with van der Waals surface area (Å²) in [7, 11) is 0. The predicted octanol–water partition coefficient (Wildman–Crippen LogP) is 24.8. The van der Waals surface area contributed by atoms with Gasteiger partial charge in [0.05, 0.1) is 19.1 Å². The van der Waals surface area contributed by atoms with E-state index in [0.717, 1.165) is 195 Å². The Balaban J connectivity index is 0.000000285. The second-order valence-electron chi connectivity index (χ2n) is 46.7. The van der Waals surface area contributed by atoms with Crippen molar-refractivity contribution in [2.24, 2.45) is 17.8 Å². The summed E-state index contributed by atoms with van der Waals surface area (Å²) in [6.07, 6.45) is 31.2. The molecule has 5 aliphatic heterocycles. The van der Waals surface area contributed by atoms with Crippen LogP contribution in [0.2, 0.25) is 0 Å². The number of esters is 4. The van der Waals surface area contributed by atoms with E-state index in [0.29, 0.717) is 42.6 Å². The van der Waals surface area contributed by atoms with Crippen LogP contribution < -0.4 is 21.3 Å². The Kier molecular flexibility index (Phi) is 38.9. The van der Waals surface area contributed by atoms with E-state index in [9.17, 15) is 29.4 Å². The fourth-order valence-corrected chi connectivity index (χ4v) is 20.6. The highest BCUT2D eigenvalue weighted by atomic mass is 16.7. The Morgan fingerprint density at radius 1 is 0.381 bits per heavy atom. The third-order valence-electron chi connectivity index (χ3n) is 25.0. The third kappa shape index (κ3) is 36.9. The minimum absolute atomic E-state index is 0.000484. The highest BCUT2D eigenvalue weighted by Gasteiger charge is 2.44. The Bertz CT molecular complexity index is 3110. The molecule has 16 nitrogen and oxygen atoms in total. The average molecular weight is 1650 g/mol. The molecule has 0 radical (unpaired) electrons. The van der Waals surface area contributed by atoms with E-state index < -0.39 is 0 Å². The molecule has 16 heteroatoms. The van der Waals surface area contributed by atoms with Crippen LogP contribution in [0.15, 0.2) is 24.3 Å². The van der Waals surface area contributed by atoms with Crippen molar-refractivity contribution in [3.05, 3.63) is 57.6 Å². The van der Waals surface area contributed by atoms with Gasteiger partial charge >= 0.3 is 23.9 Å². The number of carbonyl (C=O) groups excluding carboxylic acids is 4. The van der Waals surface area contributed by atoms with Crippen molar-refractivity contribution in [3.63, 3.8) is 0 Å². The van der Waals surface area contributed by atoms with Crippen LogP contribution in [0.4, 0.5) is 0 Å². The molecule has 118 heavy (non-hydrogen) atoms. The summed E-state index contributed by atoms with van der Waals surface area (Å²) < 4.78 is 35.4. The second kappa shape index (κ2) is 44.0. The van der Waals surface area contributed by atoms with Crippen LogP contribution >= 0.6 is 0 Å². The van der Waals surface area contributed by atoms with Gasteiger partial charge in [0.1, 0.15) is 35.9 Å². The van der Waals surface area contributed by atoms with Gasteiger partial charge < -0.3 is 59.9 Å². The lowest BCUT2D eigenvalue weighted by Crippen LogP contribution is -2.59. The lowest BCUT2D eigenvalue weighted by Gasteiger charge is -2.46. The smallest absolute Gasteiger partial charge is 0.309 e. The molecule has 1 unspecified atom stereocenters. The van der Waals surface area contributed by atoms with Crippen LogP contribution in [0.3, 0.4) is 0 Å². The van der Waals surface area contributed by atoms with E-state index in [-0.39, 0.29) is 126 Å². The van der Waals surface area contributed by atoms with Gasteiger partial charge in [0.2, 0.25) is 0 Å². The van der Waals surface area contributed by atoms with Gasteiger partial charge in [0, 0.05) is 126 Å². The molecule has 6 fully saturated rings. The van der Waals surface area contributed by atoms with Crippen molar-refractivity contribution in [2.45, 2.75) is 523 Å². The maximum absolute atomic E-state index is 12.9. The average Bonchev–Trinajstić information content (AvgIpc) is 0.777. The van der Waals surface area contributed by atoms with Crippen molar-refractivity contribution in [1.82, 2.24) is 21.3 Å². The first kappa shape index (κ1) is 104. The van der Waals surface area contributed by atoms with Gasteiger partial charge in [-0.25, -0.2) is 0 Å². The molecule has 0 spiro atoms. The molecular formula is C102H180N4O12. The number of hydrogen-bond acceptors (Lipinski definition) is 16. The van der Waals surface area contributed by atoms with Crippen LogP contribution in [-0.2, 0) is 69.3 Å². The van der Waals surface area contributed by atoms with Gasteiger partial charge in [-0.15, -0.1) is 0 Å². The summed E-state index contributed by atoms with van der Waals surface area (Å²) in [4.78, 5) is 49.8. The standard InChI is InChI=1S/C30H56N2O4.C28H52N2O4.C23H38O.C21H34O3/c1-10-22(26(34)36-24-20-29(6,7)32-30(8,9)21-24)16-14-12-11-13-15-17-25(33)35-23-18-27(2,3)31-28(4,5)19-23;1-25(2)17-21(18-26(3,4)29-25)33-23(31)15-13-11-9-10-12-14-16-24(32)34-22-19-27(5,6)30-28(7,8)20-22;1-8-9-16-10-12-17(13-11-16)18-14-19(22(2,3)4)21(24)20(15-18)23(5,6)7;1-8-9-14-12-23-19(24-13-14)15-10-16(20(2,3)4)18(22)17(11-15)21(5,6)7/h22-24,31-32H,10-21H2,1-9H3;21-22,29-30H,9-20H2,1-8H3;14-17,24H,8-13H2,1-7H3;10-11,14,19,22H,8-9,12-13H2,1-7H3. The van der Waals surface area contributed by atoms with Crippen molar-refractivity contribution in [2.75, 3.05) is 13.2 Å². The SMILES string of the molecule is CC1(C)CC(OC(=O)CCCCCCCCC(=O)OC2CC(C)(C)NC(C)(C)C2)CC(C)(C)N1.CCC(CCCCCCCC(=O)OC1CC(C)(C)NC(C)(C)C1)C(=O)OC1CC(C)(C)NC(C)(C)C1.CCCC1CCC(c2cc(C(C)(C)C)c(O)c(C(C)(C)C)c2)CC1.CCCC1COC(c2cc(C(C)(C)C)c(O)c(C(C)(C)C)c2)OC1. The first-order chi connectivity index (χ1) is 54.2. The van der Waals surface area contributed by atoms with E-state index in [2.05, 4.69) is 260 Å². The highest BCUT2D eigenvalue weighted by Crippen LogP contribution is 2.47. The maximum atomic E-state index is 12.9. The Morgan fingerprint density at radius 3 is 0.924 bits per heavy atom. The Labute approximate surface area is 721 Å². The van der Waals surface area contributed by atoms with Gasteiger partial charge in [-0.2, -0.15) is 0 Å². The molecule has 1 atom stereocenters. The molecule has 0 aromatic heterocycles. The van der Waals surface area contributed by atoms with Gasteiger partial charge in [-0.05, 0) is 248 Å². The summed E-state index contributed by atoms with van der Waals surface area (Å²) in [5.74, 6) is 2.78. The van der Waals surface area contributed by atoms with E-state index in [1.54, 1.807) is 0 Å². The minimum Gasteiger partial charge on any atom is -0.507 e. The number of phenols is 2. The maximum Gasteiger partial charge on any atom is 0.309 e. The van der Waals surface area contributed by atoms with Crippen molar-refractivity contribution < 1.29 is 57.8 Å². The molecule has 1 saturated carbocycles. The van der Waals surface area contributed by atoms with Gasteiger partial charge in [-0.1, -0.05) is 187 Å². The highest BCUT2D eigenvalue weighted by molar-refractivity contribution is 5.73. The second-order valence-corrected chi connectivity index (χ2v) is 46.7. The molecule has 6 aliphatic rings. The van der Waals surface area contributed by atoms with E-state index in [1.807, 2.05) is 0 Å². The van der Waals surface area contributed by atoms with E-state index in [4.69, 9.17) is 28.4 Å². The van der Waals surface area contributed by atoms with Gasteiger partial charge in [0.15, 0.2) is 6.29 Å². The number of carbonyl (C=O) groups is 4. The monoisotopic (exact) mass is 1650 g/mol. The molecule has 1 aliphatic carbocycles. The lowest BCUT2D eigenvalue weighted by molar-refractivity contribution is -0.206. The number of benzene rings is 2. The van der Waals surface area contributed by atoms with Gasteiger partial charge in [-0.3, -0.25) is 19.2 Å². The number of rotatable bonds is 29. The van der Waals surface area contributed by atoms with Crippen LogP contribution in [0.1, 0.15) is 466 Å². The number of piperidine rings is 4. The molecule has 680 valence electrons. The van der Waals surface area contributed by atoms with Crippen molar-refractivity contribution >= 4 is 23.9 Å². The normalized spacial score (nSPS) is 23.4. The Morgan fingerprint density at radius 2 is 0.644 bits per heavy atom. The molecule has 5 heterocycles. The molecule has 0 amide bonds. The zero-order valence-electron chi connectivity index (χ0n) is 81.5. The minimum atomic E-state index is -0.332. The molecule has 0 bridgehead atoms. The fraction of sp³-hybridized carbons (Fsp3) is 0.843. The lowest BCUT2D eigenvalue weighted by atomic mass is 9.73. The summed E-state index contributed by atoms with van der Waals surface area (Å²) in [6, 6.07) is 8.70. The third-order valence-corrected chi connectivity index (χ3v) is 25.0. The first-order valence-electron chi connectivity index (χ1n) is 47.1. The first-order valence-corrected chi connectivity index (χ1v) is 47.1. The van der Waals surface area contributed by atoms with Crippen molar-refractivity contribution in [1.29, 1.82) is 0 Å². The van der Waals surface area contributed by atoms with E-state index >= 15 is 0 Å². The molecule has 2 aromatic rings. The molecular weight excluding hydrogens is 1470 g/mol. The number of nitrogens with one attached hydrogen (secondary N) is 4. The van der Waals surface area contributed by atoms with Crippen LogP contribution in [0.25, 0.3) is 0 Å². The summed E-state index contributed by atoms with van der Waals surface area (Å²) in [6.45, 7) is 68.8. The molecule has 5 saturated heterocycles. The van der Waals surface area contributed by atoms with Crippen molar-refractivity contribution in [3.8, 4) is 11.5 Å². The Hall–Kier alpha value is -4.32. The van der Waals surface area contributed by atoms with Crippen LogP contribution in [0.5, 0.6) is 11.5 Å². The molecule has 2 aromatic carbocycles. The van der Waals surface area contributed by atoms with Crippen LogP contribution in [-0.4, -0.2) is 116 Å².